The fourth-order valence-electron chi connectivity index (χ4n) is 0.968. The highest BCUT2D eigenvalue weighted by Gasteiger charge is 2.59. The number of unbranched alkanes of at least 4 members (excludes halogenated alkanes) is 1. The van der Waals surface area contributed by atoms with Gasteiger partial charge in [-0.15, -0.1) is 0 Å². The molecule has 0 bridgehead atoms. The predicted octanol–water partition coefficient (Wildman–Crippen LogP) is 1.58. The zero-order valence-electron chi connectivity index (χ0n) is 9.13. The normalized spacial score (nSPS) is 12.0. The summed E-state index contributed by atoms with van der Waals surface area (Å²) in [5.41, 5.74) is 8.82. The zero-order valence-corrected chi connectivity index (χ0v) is 9.13. The lowest BCUT2D eigenvalue weighted by Gasteiger charge is -2.24. The van der Waals surface area contributed by atoms with Gasteiger partial charge in [0.1, 0.15) is 0 Å². The van der Waals surface area contributed by atoms with Crippen LogP contribution in [-0.4, -0.2) is 30.8 Å². The van der Waals surface area contributed by atoms with E-state index in [0.717, 1.165) is 0 Å². The number of hydrogen-bond donors (Lipinski definition) is 2. The molecule has 0 aromatic heterocycles. The van der Waals surface area contributed by atoms with Crippen molar-refractivity contribution >= 4 is 12.2 Å². The molecule has 6 nitrogen and oxygen atoms in total. The van der Waals surface area contributed by atoms with E-state index in [1.165, 1.54) is 0 Å². The molecule has 0 radical (unpaired) electrons. The molecule has 0 rings (SSSR count). The summed E-state index contributed by atoms with van der Waals surface area (Å²) in [6.07, 6.45) is -9.83. The van der Waals surface area contributed by atoms with E-state index in [2.05, 4.69) is 20.9 Å². The molecule has 0 aliphatic rings. The highest BCUT2D eigenvalue weighted by molar-refractivity contribution is 5.65. The lowest BCUT2D eigenvalue weighted by Crippen LogP contribution is -2.45. The molecule has 0 fully saturated rings. The van der Waals surface area contributed by atoms with Crippen molar-refractivity contribution in [3.05, 3.63) is 0 Å². The Kier molecular flexibility index (Phi) is 5.66. The van der Waals surface area contributed by atoms with Gasteiger partial charge in [-0.3, -0.25) is 0 Å². The molecule has 0 heterocycles. The van der Waals surface area contributed by atoms with E-state index in [4.69, 9.17) is 0 Å². The maximum atomic E-state index is 12.9. The number of hydrogen-bond acceptors (Lipinski definition) is 4. The molecule has 10 heteroatoms. The Morgan fingerprint density at radius 1 is 1.00 bits per heavy atom. The zero-order chi connectivity index (χ0) is 14.4. The van der Waals surface area contributed by atoms with Crippen molar-refractivity contribution in [1.82, 2.24) is 0 Å². The molecule has 0 atom stereocenters. The lowest BCUT2D eigenvalue weighted by molar-refractivity contribution is -0.322. The van der Waals surface area contributed by atoms with Gasteiger partial charge < -0.3 is 20.9 Å². The standard InChI is InChI=1S/C8H12F4N2O4/c9-7(10,8(11,12)18-6(14)16)3-1-2-4-17-5(13)15/h1-4H2,(H2,13,15)(H2,14,16). The minimum Gasteiger partial charge on any atom is -0.450 e. The second-order valence-corrected chi connectivity index (χ2v) is 3.27. The Bertz CT molecular complexity index is 311. The van der Waals surface area contributed by atoms with Crippen LogP contribution in [0.4, 0.5) is 27.2 Å². The van der Waals surface area contributed by atoms with E-state index in [9.17, 15) is 27.2 Å². The molecule has 0 aromatic rings. The van der Waals surface area contributed by atoms with Crippen LogP contribution >= 0.6 is 0 Å². The molecule has 0 aliphatic heterocycles. The number of nitrogens with two attached hydrogens (primary N) is 2. The number of halogens is 4. The second-order valence-electron chi connectivity index (χ2n) is 3.27. The molecule has 0 saturated heterocycles. The van der Waals surface area contributed by atoms with Gasteiger partial charge in [-0.2, -0.15) is 17.6 Å². The van der Waals surface area contributed by atoms with E-state index >= 15 is 0 Å². The molecular formula is C8H12F4N2O4. The highest BCUT2D eigenvalue weighted by atomic mass is 19.3. The van der Waals surface area contributed by atoms with Crippen molar-refractivity contribution in [3.8, 4) is 0 Å². The summed E-state index contributed by atoms with van der Waals surface area (Å²) in [6.45, 7) is -0.270. The van der Waals surface area contributed by atoms with Gasteiger partial charge in [-0.05, 0) is 12.8 Å². The maximum Gasteiger partial charge on any atom is 0.467 e. The summed E-state index contributed by atoms with van der Waals surface area (Å²) >= 11 is 0. The average Bonchev–Trinajstić information content (AvgIpc) is 2.13. The molecule has 4 N–H and O–H groups in total. The monoisotopic (exact) mass is 276 g/mol. The van der Waals surface area contributed by atoms with Gasteiger partial charge >= 0.3 is 24.2 Å². The van der Waals surface area contributed by atoms with Crippen molar-refractivity contribution in [2.45, 2.75) is 31.3 Å². The van der Waals surface area contributed by atoms with E-state index < -0.39 is 37.1 Å². The Morgan fingerprint density at radius 3 is 2.00 bits per heavy atom. The fourth-order valence-corrected chi connectivity index (χ4v) is 0.968. The van der Waals surface area contributed by atoms with Crippen LogP contribution in [0.5, 0.6) is 0 Å². The molecule has 2 amide bonds. The number of amides is 2. The summed E-state index contributed by atoms with van der Waals surface area (Å²) in [4.78, 5) is 20.1. The Hall–Kier alpha value is -1.74. The van der Waals surface area contributed by atoms with Crippen LogP contribution in [0.2, 0.25) is 0 Å². The minimum atomic E-state index is -4.98. The first-order valence-corrected chi connectivity index (χ1v) is 4.75. The third-order valence-corrected chi connectivity index (χ3v) is 1.78. The van der Waals surface area contributed by atoms with Crippen LogP contribution in [-0.2, 0) is 9.47 Å². The maximum absolute atomic E-state index is 12.9. The van der Waals surface area contributed by atoms with Gasteiger partial charge in [0, 0.05) is 6.42 Å². The molecule has 0 aliphatic carbocycles. The van der Waals surface area contributed by atoms with Gasteiger partial charge in [-0.25, -0.2) is 9.59 Å². The molecular weight excluding hydrogens is 264 g/mol. The van der Waals surface area contributed by atoms with Gasteiger partial charge in [0.15, 0.2) is 0 Å². The van der Waals surface area contributed by atoms with Crippen molar-refractivity contribution in [3.63, 3.8) is 0 Å². The molecule has 18 heavy (non-hydrogen) atoms. The Balaban J connectivity index is 4.13. The minimum absolute atomic E-state index is 0.0921. The number of alkyl halides is 4. The number of primary amides is 2. The van der Waals surface area contributed by atoms with Crippen LogP contribution in [0.25, 0.3) is 0 Å². The van der Waals surface area contributed by atoms with Crippen LogP contribution < -0.4 is 11.5 Å². The van der Waals surface area contributed by atoms with Crippen LogP contribution in [0.15, 0.2) is 0 Å². The molecule has 0 saturated carbocycles. The van der Waals surface area contributed by atoms with Crippen molar-refractivity contribution < 1.29 is 36.6 Å². The first kappa shape index (κ1) is 16.3. The first-order chi connectivity index (χ1) is 8.08. The molecule has 0 unspecified atom stereocenters. The summed E-state index contributed by atoms with van der Waals surface area (Å²) in [5, 5.41) is 0. The van der Waals surface area contributed by atoms with E-state index in [-0.39, 0.29) is 13.0 Å². The number of carbonyl (C=O) groups is 2. The second kappa shape index (κ2) is 6.26. The fraction of sp³-hybridized carbons (Fsp3) is 0.750. The Labute approximate surface area is 99.2 Å². The van der Waals surface area contributed by atoms with E-state index in [1.54, 1.807) is 0 Å². The van der Waals surface area contributed by atoms with Crippen molar-refractivity contribution in [2.75, 3.05) is 6.61 Å². The van der Waals surface area contributed by atoms with Gasteiger partial charge in [-0.1, -0.05) is 0 Å². The first-order valence-electron chi connectivity index (χ1n) is 4.75. The van der Waals surface area contributed by atoms with Crippen LogP contribution in [0, 0.1) is 0 Å². The summed E-state index contributed by atoms with van der Waals surface area (Å²) in [5.74, 6) is -4.56. The van der Waals surface area contributed by atoms with Gasteiger partial charge in [0.05, 0.1) is 6.61 Å². The summed E-state index contributed by atoms with van der Waals surface area (Å²) < 4.78 is 58.5. The van der Waals surface area contributed by atoms with Crippen molar-refractivity contribution in [2.24, 2.45) is 11.5 Å². The smallest absolute Gasteiger partial charge is 0.450 e. The topological polar surface area (TPSA) is 105 Å². The number of ether oxygens (including phenoxy) is 2. The van der Waals surface area contributed by atoms with E-state index in [1.807, 2.05) is 0 Å². The largest absolute Gasteiger partial charge is 0.467 e. The predicted molar refractivity (Wildman–Crippen MR) is 49.9 cm³/mol. The number of carbonyl (C=O) groups excluding carboxylic acids is 2. The van der Waals surface area contributed by atoms with Gasteiger partial charge in [0.25, 0.3) is 0 Å². The Morgan fingerprint density at radius 2 is 1.56 bits per heavy atom. The molecule has 0 aromatic carbocycles. The van der Waals surface area contributed by atoms with E-state index in [0.29, 0.717) is 0 Å². The van der Waals surface area contributed by atoms with Gasteiger partial charge in [0.2, 0.25) is 0 Å². The highest BCUT2D eigenvalue weighted by Crippen LogP contribution is 2.38. The average molecular weight is 276 g/mol. The molecule has 106 valence electrons. The summed E-state index contributed by atoms with van der Waals surface area (Å²) in [6, 6.07) is 0. The molecule has 0 spiro atoms. The SMILES string of the molecule is NC(=O)OCCCCC(F)(F)C(F)(F)OC(N)=O. The quantitative estimate of drug-likeness (QED) is 0.544. The van der Waals surface area contributed by atoms with Crippen LogP contribution in [0.1, 0.15) is 19.3 Å². The third kappa shape index (κ3) is 5.55. The summed E-state index contributed by atoms with van der Waals surface area (Å²) in [7, 11) is 0. The third-order valence-electron chi connectivity index (χ3n) is 1.78. The van der Waals surface area contributed by atoms with Crippen molar-refractivity contribution in [1.29, 1.82) is 0 Å². The van der Waals surface area contributed by atoms with Crippen LogP contribution in [0.3, 0.4) is 0 Å². The number of rotatable bonds is 7. The lowest BCUT2D eigenvalue weighted by atomic mass is 10.1.